The van der Waals surface area contributed by atoms with Crippen molar-refractivity contribution in [2.45, 2.75) is 50.0 Å². The molecular formula is C26H30FN3O4S2. The Morgan fingerprint density at radius 2 is 2.00 bits per heavy atom. The zero-order chi connectivity index (χ0) is 25.3. The van der Waals surface area contributed by atoms with Crippen molar-refractivity contribution in [1.29, 1.82) is 0 Å². The molecule has 5 rings (SSSR count). The maximum absolute atomic E-state index is 13.9. The Labute approximate surface area is 214 Å². The number of aromatic nitrogens is 1. The molecule has 0 aliphatic carbocycles. The lowest BCUT2D eigenvalue weighted by molar-refractivity contribution is -0.123. The van der Waals surface area contributed by atoms with Crippen molar-refractivity contribution in [1.82, 2.24) is 9.29 Å². The summed E-state index contributed by atoms with van der Waals surface area (Å²) >= 11 is 1.49. The van der Waals surface area contributed by atoms with E-state index in [1.165, 1.54) is 33.3 Å². The van der Waals surface area contributed by atoms with Crippen LogP contribution in [0.1, 0.15) is 38.2 Å². The predicted octanol–water partition coefficient (Wildman–Crippen LogP) is 4.61. The first-order valence-corrected chi connectivity index (χ1v) is 14.7. The maximum Gasteiger partial charge on any atom is 0.243 e. The van der Waals surface area contributed by atoms with Crippen LogP contribution in [0.25, 0.3) is 10.2 Å². The molecular weight excluding hydrogens is 501 g/mol. The molecule has 0 bridgehead atoms. The van der Waals surface area contributed by atoms with Crippen molar-refractivity contribution >= 4 is 42.6 Å². The summed E-state index contributed by atoms with van der Waals surface area (Å²) in [7, 11) is -3.83. The molecule has 2 aliphatic rings. The van der Waals surface area contributed by atoms with Gasteiger partial charge >= 0.3 is 0 Å². The van der Waals surface area contributed by atoms with Crippen LogP contribution in [0.15, 0.2) is 47.4 Å². The highest BCUT2D eigenvalue weighted by Crippen LogP contribution is 2.33. The number of sulfonamides is 1. The minimum atomic E-state index is -3.83. The number of fused-ring (bicyclic) bond motifs is 1. The number of hydrogen-bond donors (Lipinski definition) is 0. The summed E-state index contributed by atoms with van der Waals surface area (Å²) in [5, 5.41) is 0.622. The van der Waals surface area contributed by atoms with E-state index in [2.05, 4.69) is 19.1 Å². The maximum atomic E-state index is 13.9. The summed E-state index contributed by atoms with van der Waals surface area (Å²) < 4.78 is 48.0. The van der Waals surface area contributed by atoms with Crippen LogP contribution >= 0.6 is 11.3 Å². The fraction of sp³-hybridized carbons (Fsp3) is 0.462. The topological polar surface area (TPSA) is 79.8 Å². The van der Waals surface area contributed by atoms with Crippen molar-refractivity contribution in [3.63, 3.8) is 0 Å². The summed E-state index contributed by atoms with van der Waals surface area (Å²) in [6.45, 7) is 3.60. The van der Waals surface area contributed by atoms with E-state index in [9.17, 15) is 17.6 Å². The third kappa shape index (κ3) is 5.18. The highest BCUT2D eigenvalue weighted by Gasteiger charge is 2.37. The molecule has 0 spiro atoms. The Morgan fingerprint density at radius 3 is 2.72 bits per heavy atom. The first-order valence-electron chi connectivity index (χ1n) is 12.4. The van der Waals surface area contributed by atoms with Gasteiger partial charge < -0.3 is 4.74 Å². The fourth-order valence-corrected chi connectivity index (χ4v) is 7.45. The highest BCUT2D eigenvalue weighted by atomic mass is 32.2. The van der Waals surface area contributed by atoms with Crippen LogP contribution in [0.3, 0.4) is 0 Å². The van der Waals surface area contributed by atoms with Crippen LogP contribution < -0.4 is 4.90 Å². The molecule has 2 atom stereocenters. The number of benzene rings is 2. The van der Waals surface area contributed by atoms with Crippen molar-refractivity contribution in [3.8, 4) is 0 Å². The number of amides is 1. The van der Waals surface area contributed by atoms with Gasteiger partial charge in [0.25, 0.3) is 0 Å². The van der Waals surface area contributed by atoms with Gasteiger partial charge in [-0.2, -0.15) is 4.31 Å². The van der Waals surface area contributed by atoms with E-state index in [1.54, 1.807) is 4.90 Å². The molecule has 0 radical (unpaired) electrons. The predicted molar refractivity (Wildman–Crippen MR) is 138 cm³/mol. The molecule has 3 heterocycles. The number of nitrogens with zero attached hydrogens (tertiary/aromatic N) is 3. The van der Waals surface area contributed by atoms with Crippen LogP contribution in [0.5, 0.6) is 0 Å². The second-order valence-electron chi connectivity index (χ2n) is 9.39. The van der Waals surface area contributed by atoms with Gasteiger partial charge in [0.1, 0.15) is 5.82 Å². The molecule has 2 aliphatic heterocycles. The van der Waals surface area contributed by atoms with Crippen molar-refractivity contribution in [2.75, 3.05) is 31.1 Å². The van der Waals surface area contributed by atoms with Gasteiger partial charge in [-0.25, -0.2) is 17.8 Å². The van der Waals surface area contributed by atoms with Gasteiger partial charge in [0.05, 0.1) is 33.7 Å². The monoisotopic (exact) mass is 531 g/mol. The third-order valence-electron chi connectivity index (χ3n) is 6.94. The summed E-state index contributed by atoms with van der Waals surface area (Å²) in [6.07, 6.45) is 3.87. The standard InChI is InChI=1S/C26H30FN3O4S2/c1-2-18-7-12-23-24(15-18)35-26(28-23)30(17-21-6-4-14-34-21)25(31)19-5-3-13-29(16-19)36(32,33)22-10-8-20(27)9-11-22/h7-12,15,19,21H,2-6,13-14,16-17H2,1H3. The SMILES string of the molecule is CCc1ccc2nc(N(CC3CCCO3)C(=O)C3CCCN(S(=O)(=O)c4ccc(F)cc4)C3)sc2c1. The molecule has 2 unspecified atom stereocenters. The van der Waals surface area contributed by atoms with Crippen molar-refractivity contribution in [3.05, 3.63) is 53.8 Å². The number of anilines is 1. The number of rotatable bonds is 7. The van der Waals surface area contributed by atoms with Crippen LogP contribution in [0.2, 0.25) is 0 Å². The number of thiazole rings is 1. The van der Waals surface area contributed by atoms with Crippen LogP contribution in [0.4, 0.5) is 9.52 Å². The largest absolute Gasteiger partial charge is 0.376 e. The quantitative estimate of drug-likeness (QED) is 0.445. The first kappa shape index (κ1) is 25.3. The molecule has 2 fully saturated rings. The average molecular weight is 532 g/mol. The van der Waals surface area contributed by atoms with E-state index in [0.29, 0.717) is 37.7 Å². The van der Waals surface area contributed by atoms with Crippen molar-refractivity contribution in [2.24, 2.45) is 5.92 Å². The van der Waals surface area contributed by atoms with Crippen LogP contribution in [0, 0.1) is 11.7 Å². The van der Waals surface area contributed by atoms with Gasteiger partial charge in [-0.1, -0.05) is 24.3 Å². The molecule has 0 N–H and O–H groups in total. The molecule has 0 saturated carbocycles. The van der Waals surface area contributed by atoms with Gasteiger partial charge in [-0.05, 0) is 74.1 Å². The van der Waals surface area contributed by atoms with Gasteiger partial charge in [-0.15, -0.1) is 0 Å². The number of ether oxygens (including phenoxy) is 1. The summed E-state index contributed by atoms with van der Waals surface area (Å²) in [5.74, 6) is -1.11. The molecule has 2 saturated heterocycles. The lowest BCUT2D eigenvalue weighted by atomic mass is 9.98. The normalized spacial score (nSPS) is 21.2. The number of piperidine rings is 1. The number of hydrogen-bond acceptors (Lipinski definition) is 6. The Balaban J connectivity index is 1.41. The molecule has 7 nitrogen and oxygen atoms in total. The third-order valence-corrected chi connectivity index (χ3v) is 9.86. The van der Waals surface area contributed by atoms with Gasteiger partial charge in [0, 0.05) is 19.7 Å². The second kappa shape index (κ2) is 10.5. The van der Waals surface area contributed by atoms with Crippen LogP contribution in [-0.4, -0.2) is 56.0 Å². The number of carbonyl (C=O) groups is 1. The fourth-order valence-electron chi connectivity index (χ4n) is 4.88. The zero-order valence-corrected chi connectivity index (χ0v) is 21.9. The Bertz CT molecular complexity index is 1340. The van der Waals surface area contributed by atoms with Gasteiger partial charge in [-0.3, -0.25) is 9.69 Å². The highest BCUT2D eigenvalue weighted by molar-refractivity contribution is 7.89. The molecule has 10 heteroatoms. The lowest BCUT2D eigenvalue weighted by Gasteiger charge is -2.34. The first-order chi connectivity index (χ1) is 17.3. The molecule has 1 amide bonds. The molecule has 192 valence electrons. The van der Waals surface area contributed by atoms with E-state index in [4.69, 9.17) is 9.72 Å². The molecule has 3 aromatic rings. The summed E-state index contributed by atoms with van der Waals surface area (Å²) in [6, 6.07) is 11.0. The number of halogens is 1. The number of aryl methyl sites for hydroxylation is 1. The summed E-state index contributed by atoms with van der Waals surface area (Å²) in [5.41, 5.74) is 2.06. The summed E-state index contributed by atoms with van der Waals surface area (Å²) in [4.78, 5) is 20.4. The molecule has 1 aromatic heterocycles. The minimum absolute atomic E-state index is 0.0334. The van der Waals surface area contributed by atoms with E-state index < -0.39 is 21.8 Å². The second-order valence-corrected chi connectivity index (χ2v) is 12.3. The Kier molecular flexibility index (Phi) is 7.39. The van der Waals surface area contributed by atoms with E-state index in [0.717, 1.165) is 41.6 Å². The number of carbonyl (C=O) groups excluding carboxylic acids is 1. The zero-order valence-electron chi connectivity index (χ0n) is 20.2. The molecule has 2 aromatic carbocycles. The average Bonchev–Trinajstić information content (AvgIpc) is 3.56. The van der Waals surface area contributed by atoms with Crippen LogP contribution in [-0.2, 0) is 26.0 Å². The lowest BCUT2D eigenvalue weighted by Crippen LogP contribution is -2.48. The molecule has 36 heavy (non-hydrogen) atoms. The smallest absolute Gasteiger partial charge is 0.243 e. The Morgan fingerprint density at radius 1 is 1.19 bits per heavy atom. The van der Waals surface area contributed by atoms with E-state index in [1.807, 2.05) is 6.07 Å². The van der Waals surface area contributed by atoms with Gasteiger partial charge in [0.2, 0.25) is 15.9 Å². The van der Waals surface area contributed by atoms with Gasteiger partial charge in [0.15, 0.2) is 5.13 Å². The minimum Gasteiger partial charge on any atom is -0.376 e. The van der Waals surface area contributed by atoms with Crippen molar-refractivity contribution < 1.29 is 22.3 Å². The van der Waals surface area contributed by atoms with E-state index >= 15 is 0 Å². The Hall–Kier alpha value is -2.40. The van der Waals surface area contributed by atoms with E-state index in [-0.39, 0.29) is 23.5 Å².